The van der Waals surface area contributed by atoms with Gasteiger partial charge in [-0.25, -0.2) is 9.18 Å². The van der Waals surface area contributed by atoms with Gasteiger partial charge in [-0.05, 0) is 41.5 Å². The lowest BCUT2D eigenvalue weighted by Gasteiger charge is -2.02. The second-order valence-electron chi connectivity index (χ2n) is 4.34. The molecule has 0 aliphatic heterocycles. The third-order valence-electron chi connectivity index (χ3n) is 2.96. The molecule has 0 aliphatic rings. The second-order valence-corrected chi connectivity index (χ2v) is 4.34. The molecular formula is C17H13FO3. The van der Waals surface area contributed by atoms with Gasteiger partial charge in [0.25, 0.3) is 0 Å². The minimum Gasteiger partial charge on any atom is -0.465 e. The standard InChI is InChI=1S/C17H13FO3/c1-21-17(20)14-4-2-12(3-5-14)10-15(11-19)13-6-8-16(18)9-7-13/h2-11H,1H3/b15-10+. The number of hydrogen-bond donors (Lipinski definition) is 0. The minimum atomic E-state index is -0.417. The van der Waals surface area contributed by atoms with Crippen LogP contribution in [0.2, 0.25) is 0 Å². The van der Waals surface area contributed by atoms with E-state index in [9.17, 15) is 14.0 Å². The maximum Gasteiger partial charge on any atom is 0.337 e. The Morgan fingerprint density at radius 1 is 1.00 bits per heavy atom. The van der Waals surface area contributed by atoms with Crippen LogP contribution in [0.25, 0.3) is 11.6 Å². The Hall–Kier alpha value is -2.75. The summed E-state index contributed by atoms with van der Waals surface area (Å²) in [6.07, 6.45) is 2.38. The largest absolute Gasteiger partial charge is 0.465 e. The molecular weight excluding hydrogens is 271 g/mol. The minimum absolute atomic E-state index is 0.355. The molecule has 0 radical (unpaired) electrons. The van der Waals surface area contributed by atoms with Crippen LogP contribution >= 0.6 is 0 Å². The molecule has 0 saturated heterocycles. The van der Waals surface area contributed by atoms with Crippen molar-refractivity contribution >= 4 is 23.9 Å². The Bertz CT molecular complexity index is 670. The summed E-state index contributed by atoms with van der Waals surface area (Å²) in [7, 11) is 1.31. The van der Waals surface area contributed by atoms with Crippen LogP contribution in [-0.2, 0) is 9.53 Å². The number of aldehydes is 1. The fourth-order valence-corrected chi connectivity index (χ4v) is 1.84. The summed E-state index contributed by atoms with van der Waals surface area (Å²) in [5, 5.41) is 0. The molecule has 0 heterocycles. The molecule has 0 aliphatic carbocycles. The number of halogens is 1. The summed E-state index contributed by atoms with van der Waals surface area (Å²) < 4.78 is 17.5. The number of allylic oxidation sites excluding steroid dienone is 1. The zero-order valence-electron chi connectivity index (χ0n) is 11.4. The first kappa shape index (κ1) is 14.7. The second kappa shape index (κ2) is 6.61. The van der Waals surface area contributed by atoms with Gasteiger partial charge in [-0.3, -0.25) is 4.79 Å². The predicted molar refractivity (Wildman–Crippen MR) is 78.1 cm³/mol. The first-order valence-electron chi connectivity index (χ1n) is 6.25. The van der Waals surface area contributed by atoms with Gasteiger partial charge in [-0.1, -0.05) is 24.3 Å². The third-order valence-corrected chi connectivity index (χ3v) is 2.96. The van der Waals surface area contributed by atoms with Crippen molar-refractivity contribution in [1.82, 2.24) is 0 Å². The highest BCUT2D eigenvalue weighted by Crippen LogP contribution is 2.17. The SMILES string of the molecule is COC(=O)c1ccc(/C=C(\C=O)c2ccc(F)cc2)cc1. The van der Waals surface area contributed by atoms with E-state index in [1.54, 1.807) is 42.5 Å². The van der Waals surface area contributed by atoms with Crippen LogP contribution in [-0.4, -0.2) is 19.4 Å². The lowest BCUT2D eigenvalue weighted by Crippen LogP contribution is -2.00. The summed E-state index contributed by atoms with van der Waals surface area (Å²) in [4.78, 5) is 22.5. The summed E-state index contributed by atoms with van der Waals surface area (Å²) in [5.74, 6) is -0.772. The highest BCUT2D eigenvalue weighted by atomic mass is 19.1. The van der Waals surface area contributed by atoms with Gasteiger partial charge in [-0.2, -0.15) is 0 Å². The molecule has 3 nitrogen and oxygen atoms in total. The molecule has 0 spiro atoms. The first-order valence-corrected chi connectivity index (χ1v) is 6.25. The Morgan fingerprint density at radius 3 is 2.10 bits per heavy atom. The van der Waals surface area contributed by atoms with E-state index in [4.69, 9.17) is 0 Å². The molecule has 2 rings (SSSR count). The fraction of sp³-hybridized carbons (Fsp3) is 0.0588. The van der Waals surface area contributed by atoms with E-state index in [1.807, 2.05) is 0 Å². The average molecular weight is 284 g/mol. The first-order chi connectivity index (χ1) is 10.1. The number of carbonyl (C=O) groups is 2. The molecule has 4 heteroatoms. The van der Waals surface area contributed by atoms with Crippen LogP contribution in [0.1, 0.15) is 21.5 Å². The van der Waals surface area contributed by atoms with E-state index in [0.29, 0.717) is 23.0 Å². The molecule has 0 saturated carbocycles. The molecule has 21 heavy (non-hydrogen) atoms. The van der Waals surface area contributed by atoms with E-state index in [-0.39, 0.29) is 5.82 Å². The molecule has 106 valence electrons. The average Bonchev–Trinajstić information content (AvgIpc) is 2.53. The van der Waals surface area contributed by atoms with Gasteiger partial charge in [0.15, 0.2) is 6.29 Å². The predicted octanol–water partition coefficient (Wildman–Crippen LogP) is 3.35. The van der Waals surface area contributed by atoms with E-state index < -0.39 is 5.97 Å². The van der Waals surface area contributed by atoms with Gasteiger partial charge in [0.1, 0.15) is 5.82 Å². The smallest absolute Gasteiger partial charge is 0.337 e. The van der Waals surface area contributed by atoms with Gasteiger partial charge >= 0.3 is 5.97 Å². The van der Waals surface area contributed by atoms with E-state index in [1.165, 1.54) is 19.2 Å². The summed E-state index contributed by atoms with van der Waals surface area (Å²) in [6, 6.07) is 12.3. The zero-order valence-corrected chi connectivity index (χ0v) is 11.4. The third kappa shape index (κ3) is 3.63. The van der Waals surface area contributed by atoms with Gasteiger partial charge in [0.05, 0.1) is 12.7 Å². The highest BCUT2D eigenvalue weighted by molar-refractivity contribution is 6.13. The van der Waals surface area contributed by atoms with E-state index in [2.05, 4.69) is 4.74 Å². The lowest BCUT2D eigenvalue weighted by atomic mass is 10.0. The van der Waals surface area contributed by atoms with Crippen LogP contribution < -0.4 is 0 Å². The normalized spacial score (nSPS) is 11.0. The molecule has 0 bridgehead atoms. The van der Waals surface area contributed by atoms with Crippen molar-refractivity contribution in [2.45, 2.75) is 0 Å². The summed E-state index contributed by atoms with van der Waals surface area (Å²) >= 11 is 0. The molecule has 0 aromatic heterocycles. The lowest BCUT2D eigenvalue weighted by molar-refractivity contribution is -0.103. The Kier molecular flexibility index (Phi) is 4.61. The Balaban J connectivity index is 2.29. The molecule has 0 amide bonds. The van der Waals surface area contributed by atoms with Crippen LogP contribution in [0.4, 0.5) is 4.39 Å². The van der Waals surface area contributed by atoms with Crippen LogP contribution in [0.3, 0.4) is 0 Å². The van der Waals surface area contributed by atoms with Crippen molar-refractivity contribution in [3.8, 4) is 0 Å². The van der Waals surface area contributed by atoms with Gasteiger partial charge in [0.2, 0.25) is 0 Å². The highest BCUT2D eigenvalue weighted by Gasteiger charge is 2.05. The molecule has 2 aromatic carbocycles. The van der Waals surface area contributed by atoms with Crippen molar-refractivity contribution < 1.29 is 18.7 Å². The van der Waals surface area contributed by atoms with Crippen molar-refractivity contribution in [3.05, 3.63) is 71.0 Å². The Labute approximate surface area is 121 Å². The Morgan fingerprint density at radius 2 is 1.57 bits per heavy atom. The number of carbonyl (C=O) groups excluding carboxylic acids is 2. The maximum absolute atomic E-state index is 12.9. The zero-order chi connectivity index (χ0) is 15.2. The summed E-state index contributed by atoms with van der Waals surface area (Å²) in [5.41, 5.74) is 2.25. The molecule has 0 atom stereocenters. The van der Waals surface area contributed by atoms with E-state index in [0.717, 1.165) is 5.56 Å². The van der Waals surface area contributed by atoms with Crippen molar-refractivity contribution in [1.29, 1.82) is 0 Å². The molecule has 0 N–H and O–H groups in total. The van der Waals surface area contributed by atoms with Crippen LogP contribution in [0.15, 0.2) is 48.5 Å². The van der Waals surface area contributed by atoms with Gasteiger partial charge in [-0.15, -0.1) is 0 Å². The fourth-order valence-electron chi connectivity index (χ4n) is 1.84. The molecule has 0 unspecified atom stereocenters. The van der Waals surface area contributed by atoms with Crippen LogP contribution in [0.5, 0.6) is 0 Å². The number of benzene rings is 2. The van der Waals surface area contributed by atoms with Crippen molar-refractivity contribution in [2.24, 2.45) is 0 Å². The number of hydrogen-bond acceptors (Lipinski definition) is 3. The quantitative estimate of drug-likeness (QED) is 0.374. The van der Waals surface area contributed by atoms with Gasteiger partial charge < -0.3 is 4.74 Å². The topological polar surface area (TPSA) is 43.4 Å². The number of ether oxygens (including phenoxy) is 1. The number of methoxy groups -OCH3 is 1. The number of rotatable bonds is 4. The van der Waals surface area contributed by atoms with Crippen molar-refractivity contribution in [2.75, 3.05) is 7.11 Å². The van der Waals surface area contributed by atoms with Crippen molar-refractivity contribution in [3.63, 3.8) is 0 Å². The summed E-state index contributed by atoms with van der Waals surface area (Å²) in [6.45, 7) is 0. The molecule has 2 aromatic rings. The molecule has 0 fully saturated rings. The monoisotopic (exact) mass is 284 g/mol. The van der Waals surface area contributed by atoms with E-state index >= 15 is 0 Å². The van der Waals surface area contributed by atoms with Crippen LogP contribution in [0, 0.1) is 5.82 Å². The maximum atomic E-state index is 12.9. The number of esters is 1. The van der Waals surface area contributed by atoms with Gasteiger partial charge in [0, 0.05) is 5.57 Å².